The molecular formula is C19H18FN5O3. The second-order valence-corrected chi connectivity index (χ2v) is 7.23. The standard InChI is InChI=1S/C19H18FN5O3/c1-10(2)25-14-7-12(20)3-4-13(14)24-9-21-15(16(24)19(25)26)17-22-18(28-23-17)11-5-6-27-8-11/h3-4,7,9-11H,5-6,8H2,1-2H3. The van der Waals surface area contributed by atoms with Crippen LogP contribution in [-0.2, 0) is 4.74 Å². The molecule has 1 aliphatic heterocycles. The van der Waals surface area contributed by atoms with Crippen molar-refractivity contribution < 1.29 is 13.7 Å². The fourth-order valence-corrected chi connectivity index (χ4v) is 3.75. The Morgan fingerprint density at radius 1 is 1.29 bits per heavy atom. The largest absolute Gasteiger partial charge is 0.381 e. The lowest BCUT2D eigenvalue weighted by Gasteiger charge is -2.15. The Morgan fingerprint density at radius 3 is 2.89 bits per heavy atom. The van der Waals surface area contributed by atoms with E-state index in [0.717, 1.165) is 6.42 Å². The summed E-state index contributed by atoms with van der Waals surface area (Å²) >= 11 is 0. The van der Waals surface area contributed by atoms with Gasteiger partial charge in [0.25, 0.3) is 5.56 Å². The Morgan fingerprint density at radius 2 is 2.14 bits per heavy atom. The summed E-state index contributed by atoms with van der Waals surface area (Å²) in [4.78, 5) is 22.1. The average Bonchev–Trinajstić information content (AvgIpc) is 3.40. The summed E-state index contributed by atoms with van der Waals surface area (Å²) in [6.07, 6.45) is 2.35. The average molecular weight is 383 g/mol. The number of halogens is 1. The van der Waals surface area contributed by atoms with Crippen molar-refractivity contribution in [1.29, 1.82) is 0 Å². The van der Waals surface area contributed by atoms with E-state index < -0.39 is 5.82 Å². The SMILES string of the molecule is CC(C)n1c(=O)c2c(-c3noc(C4CCOC4)n3)ncn2c2ccc(F)cc21. The number of rotatable bonds is 3. The van der Waals surface area contributed by atoms with Crippen molar-refractivity contribution >= 4 is 16.6 Å². The number of hydrogen-bond acceptors (Lipinski definition) is 6. The third kappa shape index (κ3) is 2.46. The molecule has 28 heavy (non-hydrogen) atoms. The third-order valence-electron chi connectivity index (χ3n) is 5.09. The molecule has 5 rings (SSSR count). The molecule has 0 aliphatic carbocycles. The minimum Gasteiger partial charge on any atom is -0.381 e. The number of nitrogens with zero attached hydrogens (tertiary/aromatic N) is 5. The molecule has 9 heteroatoms. The van der Waals surface area contributed by atoms with Crippen LogP contribution in [0.2, 0.25) is 0 Å². The van der Waals surface area contributed by atoms with E-state index in [1.807, 2.05) is 13.8 Å². The van der Waals surface area contributed by atoms with Crippen LogP contribution in [-0.4, -0.2) is 37.3 Å². The van der Waals surface area contributed by atoms with Gasteiger partial charge in [-0.05, 0) is 38.5 Å². The van der Waals surface area contributed by atoms with Gasteiger partial charge in [0.05, 0.1) is 23.6 Å². The van der Waals surface area contributed by atoms with Gasteiger partial charge in [-0.1, -0.05) is 5.16 Å². The third-order valence-corrected chi connectivity index (χ3v) is 5.09. The van der Waals surface area contributed by atoms with Gasteiger partial charge >= 0.3 is 0 Å². The summed E-state index contributed by atoms with van der Waals surface area (Å²) in [5.74, 6) is 0.410. The molecule has 0 N–H and O–H groups in total. The Labute approximate surface area is 158 Å². The maximum absolute atomic E-state index is 13.8. The highest BCUT2D eigenvalue weighted by Gasteiger charge is 2.26. The lowest BCUT2D eigenvalue weighted by Crippen LogP contribution is -2.24. The minimum atomic E-state index is -0.400. The Kier molecular flexibility index (Phi) is 3.80. The number of imidazole rings is 1. The lowest BCUT2D eigenvalue weighted by atomic mass is 10.1. The zero-order chi connectivity index (χ0) is 19.4. The predicted molar refractivity (Wildman–Crippen MR) is 98.8 cm³/mol. The molecule has 1 unspecified atom stereocenters. The van der Waals surface area contributed by atoms with Crippen LogP contribution < -0.4 is 5.56 Å². The van der Waals surface area contributed by atoms with Crippen molar-refractivity contribution in [1.82, 2.24) is 24.1 Å². The minimum absolute atomic E-state index is 0.0613. The van der Waals surface area contributed by atoms with E-state index in [2.05, 4.69) is 15.1 Å². The molecule has 8 nitrogen and oxygen atoms in total. The molecule has 4 aromatic rings. The van der Waals surface area contributed by atoms with Crippen LogP contribution in [0.4, 0.5) is 4.39 Å². The fraction of sp³-hybridized carbons (Fsp3) is 0.368. The first-order valence-electron chi connectivity index (χ1n) is 9.17. The van der Waals surface area contributed by atoms with E-state index in [9.17, 15) is 9.18 Å². The molecule has 3 aromatic heterocycles. The summed E-state index contributed by atoms with van der Waals surface area (Å²) < 4.78 is 27.8. The van der Waals surface area contributed by atoms with Gasteiger partial charge in [0, 0.05) is 12.6 Å². The molecule has 1 aliphatic rings. The summed E-state index contributed by atoms with van der Waals surface area (Å²) in [6, 6.07) is 4.20. The Bertz CT molecular complexity index is 1250. The molecule has 0 saturated carbocycles. The van der Waals surface area contributed by atoms with E-state index in [1.54, 1.807) is 15.0 Å². The van der Waals surface area contributed by atoms with Crippen LogP contribution in [0.5, 0.6) is 0 Å². The van der Waals surface area contributed by atoms with Gasteiger partial charge < -0.3 is 13.8 Å². The van der Waals surface area contributed by atoms with Crippen molar-refractivity contribution in [2.45, 2.75) is 32.2 Å². The number of fused-ring (bicyclic) bond motifs is 3. The van der Waals surface area contributed by atoms with E-state index in [0.29, 0.717) is 41.3 Å². The highest BCUT2D eigenvalue weighted by molar-refractivity contribution is 5.83. The maximum atomic E-state index is 13.8. The molecule has 1 fully saturated rings. The van der Waals surface area contributed by atoms with Crippen LogP contribution in [0.15, 0.2) is 33.8 Å². The molecule has 1 atom stereocenters. The van der Waals surface area contributed by atoms with Gasteiger partial charge in [-0.2, -0.15) is 4.98 Å². The Balaban J connectivity index is 1.77. The first kappa shape index (κ1) is 17.1. The molecular weight excluding hydrogens is 365 g/mol. The zero-order valence-electron chi connectivity index (χ0n) is 15.4. The quantitative estimate of drug-likeness (QED) is 0.541. The van der Waals surface area contributed by atoms with Crippen LogP contribution >= 0.6 is 0 Å². The second kappa shape index (κ2) is 6.23. The van der Waals surface area contributed by atoms with Crippen LogP contribution in [0.3, 0.4) is 0 Å². The number of ether oxygens (including phenoxy) is 1. The summed E-state index contributed by atoms with van der Waals surface area (Å²) in [5.41, 5.74) is 1.59. The normalized spacial score (nSPS) is 17.4. The van der Waals surface area contributed by atoms with E-state index >= 15 is 0 Å². The van der Waals surface area contributed by atoms with Crippen LogP contribution in [0, 0.1) is 5.82 Å². The Hall–Kier alpha value is -3.07. The smallest absolute Gasteiger partial charge is 0.278 e. The summed E-state index contributed by atoms with van der Waals surface area (Å²) in [7, 11) is 0. The van der Waals surface area contributed by atoms with Crippen molar-refractivity contribution in [2.75, 3.05) is 13.2 Å². The summed E-state index contributed by atoms with van der Waals surface area (Å²) in [6.45, 7) is 4.97. The van der Waals surface area contributed by atoms with Crippen molar-refractivity contribution in [3.05, 3.63) is 46.6 Å². The van der Waals surface area contributed by atoms with Gasteiger partial charge in [0.1, 0.15) is 23.4 Å². The van der Waals surface area contributed by atoms with E-state index in [-0.39, 0.29) is 23.3 Å². The number of benzene rings is 1. The fourth-order valence-electron chi connectivity index (χ4n) is 3.75. The lowest BCUT2D eigenvalue weighted by molar-refractivity contribution is 0.189. The molecule has 4 heterocycles. The highest BCUT2D eigenvalue weighted by atomic mass is 19.1. The molecule has 1 aromatic carbocycles. The molecule has 0 bridgehead atoms. The molecule has 0 spiro atoms. The molecule has 0 radical (unpaired) electrons. The highest BCUT2D eigenvalue weighted by Crippen LogP contribution is 2.28. The van der Waals surface area contributed by atoms with Gasteiger partial charge in [-0.15, -0.1) is 0 Å². The molecule has 1 saturated heterocycles. The van der Waals surface area contributed by atoms with Gasteiger partial charge in [0.2, 0.25) is 11.7 Å². The number of aromatic nitrogens is 5. The maximum Gasteiger partial charge on any atom is 0.278 e. The molecule has 0 amide bonds. The monoisotopic (exact) mass is 383 g/mol. The second-order valence-electron chi connectivity index (χ2n) is 7.23. The first-order valence-corrected chi connectivity index (χ1v) is 9.17. The topological polar surface area (TPSA) is 87.5 Å². The van der Waals surface area contributed by atoms with Crippen LogP contribution in [0.25, 0.3) is 28.1 Å². The van der Waals surface area contributed by atoms with E-state index in [1.165, 1.54) is 18.5 Å². The van der Waals surface area contributed by atoms with Gasteiger partial charge in [-0.3, -0.25) is 9.20 Å². The van der Waals surface area contributed by atoms with E-state index in [4.69, 9.17) is 9.26 Å². The zero-order valence-corrected chi connectivity index (χ0v) is 15.4. The first-order chi connectivity index (χ1) is 13.5. The van der Waals surface area contributed by atoms with Crippen molar-refractivity contribution in [3.8, 4) is 11.5 Å². The number of hydrogen-bond donors (Lipinski definition) is 0. The van der Waals surface area contributed by atoms with Gasteiger partial charge in [0.15, 0.2) is 0 Å². The van der Waals surface area contributed by atoms with Crippen molar-refractivity contribution in [2.24, 2.45) is 0 Å². The molecule has 144 valence electrons. The summed E-state index contributed by atoms with van der Waals surface area (Å²) in [5, 5.41) is 4.04. The van der Waals surface area contributed by atoms with Gasteiger partial charge in [-0.25, -0.2) is 9.37 Å². The van der Waals surface area contributed by atoms with Crippen molar-refractivity contribution in [3.63, 3.8) is 0 Å². The predicted octanol–water partition coefficient (Wildman–Crippen LogP) is 2.92. The van der Waals surface area contributed by atoms with Crippen LogP contribution in [0.1, 0.15) is 38.1 Å².